The Morgan fingerprint density at radius 2 is 2.11 bits per heavy atom. The Morgan fingerprint density at radius 3 is 2.89 bits per heavy atom. The molecule has 6 heteroatoms. The van der Waals surface area contributed by atoms with Gasteiger partial charge in [-0.25, -0.2) is 4.98 Å². The minimum Gasteiger partial charge on any atom is -0.381 e. The molecule has 1 aliphatic rings. The van der Waals surface area contributed by atoms with Crippen LogP contribution in [0.25, 0.3) is 11.5 Å². The number of pyridine rings is 1. The van der Waals surface area contributed by atoms with Crippen molar-refractivity contribution in [3.8, 4) is 11.5 Å². The lowest BCUT2D eigenvalue weighted by Gasteiger charge is -2.24. The van der Waals surface area contributed by atoms with Crippen molar-refractivity contribution in [1.29, 1.82) is 0 Å². The van der Waals surface area contributed by atoms with Crippen LogP contribution < -0.4 is 0 Å². The Hall–Kier alpha value is -1.27. The second-order valence-electron chi connectivity index (χ2n) is 4.25. The second kappa shape index (κ2) is 5.16. The van der Waals surface area contributed by atoms with Gasteiger partial charge in [0.05, 0.1) is 0 Å². The number of ether oxygens (including phenoxy) is 1. The Kier molecular flexibility index (Phi) is 3.38. The Morgan fingerprint density at radius 1 is 1.28 bits per heavy atom. The van der Waals surface area contributed by atoms with Crippen LogP contribution in [-0.4, -0.2) is 33.0 Å². The molecular weight excluding hydrogens is 296 g/mol. The number of hydrogen-bond acceptors (Lipinski definition) is 4. The topological polar surface area (TPSA) is 52.8 Å². The first-order valence-electron chi connectivity index (χ1n) is 5.95. The quantitative estimate of drug-likeness (QED) is 0.800. The van der Waals surface area contributed by atoms with Gasteiger partial charge in [-0.1, -0.05) is 6.07 Å². The van der Waals surface area contributed by atoms with E-state index in [2.05, 4.69) is 35.7 Å². The highest BCUT2D eigenvalue weighted by atomic mass is 79.9. The summed E-state index contributed by atoms with van der Waals surface area (Å²) < 4.78 is 8.30. The van der Waals surface area contributed by atoms with Gasteiger partial charge in [0.15, 0.2) is 5.82 Å². The van der Waals surface area contributed by atoms with Crippen LogP contribution in [-0.2, 0) is 4.74 Å². The highest BCUT2D eigenvalue weighted by Crippen LogP contribution is 2.26. The van der Waals surface area contributed by atoms with Crippen molar-refractivity contribution in [3.63, 3.8) is 0 Å². The third-order valence-corrected chi connectivity index (χ3v) is 3.54. The molecule has 1 fully saturated rings. The maximum absolute atomic E-state index is 5.39. The van der Waals surface area contributed by atoms with Gasteiger partial charge in [-0.2, -0.15) is 0 Å². The van der Waals surface area contributed by atoms with Crippen molar-refractivity contribution in [2.75, 3.05) is 13.2 Å². The lowest BCUT2D eigenvalue weighted by atomic mass is 10.1. The molecule has 3 heterocycles. The first-order valence-corrected chi connectivity index (χ1v) is 6.74. The fourth-order valence-electron chi connectivity index (χ4n) is 2.19. The van der Waals surface area contributed by atoms with Crippen molar-refractivity contribution >= 4 is 15.9 Å². The summed E-state index contributed by atoms with van der Waals surface area (Å²) >= 11 is 3.38. The van der Waals surface area contributed by atoms with Crippen LogP contribution in [0.1, 0.15) is 18.9 Å². The van der Waals surface area contributed by atoms with E-state index in [-0.39, 0.29) is 0 Å². The lowest BCUT2D eigenvalue weighted by molar-refractivity contribution is 0.0699. The van der Waals surface area contributed by atoms with Gasteiger partial charge >= 0.3 is 0 Å². The molecule has 94 valence electrons. The minimum atomic E-state index is 0.407. The predicted octanol–water partition coefficient (Wildman–Crippen LogP) is 2.45. The first kappa shape index (κ1) is 11.8. The molecule has 0 N–H and O–H groups in total. The molecule has 0 radical (unpaired) electrons. The molecule has 2 aromatic heterocycles. The molecule has 0 saturated carbocycles. The molecule has 2 aromatic rings. The van der Waals surface area contributed by atoms with Crippen LogP contribution in [0.5, 0.6) is 0 Å². The zero-order valence-electron chi connectivity index (χ0n) is 9.79. The van der Waals surface area contributed by atoms with E-state index in [0.717, 1.165) is 42.2 Å². The van der Waals surface area contributed by atoms with Crippen LogP contribution in [0.4, 0.5) is 0 Å². The number of nitrogens with zero attached hydrogens (tertiary/aromatic N) is 4. The number of hydrogen-bond donors (Lipinski definition) is 0. The number of aromatic nitrogens is 4. The summed E-state index contributed by atoms with van der Waals surface area (Å²) in [4.78, 5) is 4.43. The van der Waals surface area contributed by atoms with Gasteiger partial charge in [0.2, 0.25) is 0 Å². The summed E-state index contributed by atoms with van der Waals surface area (Å²) in [5.74, 6) is 0.822. The van der Waals surface area contributed by atoms with Gasteiger partial charge in [-0.05, 0) is 40.9 Å². The molecule has 0 atom stereocenters. The molecule has 0 spiro atoms. The van der Waals surface area contributed by atoms with Crippen LogP contribution in [0.15, 0.2) is 29.1 Å². The monoisotopic (exact) mass is 308 g/mol. The van der Waals surface area contributed by atoms with Crippen molar-refractivity contribution in [2.45, 2.75) is 18.9 Å². The summed E-state index contributed by atoms with van der Waals surface area (Å²) in [6, 6.07) is 6.21. The first-order chi connectivity index (χ1) is 8.84. The van der Waals surface area contributed by atoms with Crippen molar-refractivity contribution < 1.29 is 4.74 Å². The fourth-order valence-corrected chi connectivity index (χ4v) is 2.53. The van der Waals surface area contributed by atoms with E-state index < -0.39 is 0 Å². The van der Waals surface area contributed by atoms with E-state index >= 15 is 0 Å². The molecule has 3 rings (SSSR count). The van der Waals surface area contributed by atoms with E-state index in [4.69, 9.17) is 4.74 Å². The molecule has 0 bridgehead atoms. The highest BCUT2D eigenvalue weighted by molar-refractivity contribution is 9.10. The SMILES string of the molecule is Brc1cccc(-c2nncn2C2CCOCC2)n1. The second-order valence-corrected chi connectivity index (χ2v) is 5.06. The molecule has 18 heavy (non-hydrogen) atoms. The zero-order chi connectivity index (χ0) is 12.4. The van der Waals surface area contributed by atoms with Crippen LogP contribution >= 0.6 is 15.9 Å². The van der Waals surface area contributed by atoms with Gasteiger partial charge in [-0.3, -0.25) is 0 Å². The maximum atomic E-state index is 5.39. The molecule has 1 aliphatic heterocycles. The molecule has 0 amide bonds. The van der Waals surface area contributed by atoms with E-state index in [1.807, 2.05) is 18.2 Å². The van der Waals surface area contributed by atoms with E-state index in [9.17, 15) is 0 Å². The fraction of sp³-hybridized carbons (Fsp3) is 0.417. The van der Waals surface area contributed by atoms with Crippen LogP contribution in [0.3, 0.4) is 0 Å². The summed E-state index contributed by atoms with van der Waals surface area (Å²) in [6.07, 6.45) is 3.78. The number of halogens is 1. The normalized spacial score (nSPS) is 16.9. The average Bonchev–Trinajstić information content (AvgIpc) is 2.89. The molecule has 1 saturated heterocycles. The minimum absolute atomic E-state index is 0.407. The van der Waals surface area contributed by atoms with E-state index in [1.165, 1.54) is 0 Å². The van der Waals surface area contributed by atoms with Crippen LogP contribution in [0, 0.1) is 0 Å². The third kappa shape index (κ3) is 2.30. The van der Waals surface area contributed by atoms with Crippen LogP contribution in [0.2, 0.25) is 0 Å². The molecule has 0 aromatic carbocycles. The Bertz CT molecular complexity index is 536. The van der Waals surface area contributed by atoms with E-state index in [0.29, 0.717) is 6.04 Å². The maximum Gasteiger partial charge on any atom is 0.182 e. The van der Waals surface area contributed by atoms with Gasteiger partial charge < -0.3 is 9.30 Å². The average molecular weight is 309 g/mol. The van der Waals surface area contributed by atoms with Gasteiger partial charge in [0.1, 0.15) is 16.6 Å². The smallest absolute Gasteiger partial charge is 0.182 e. The van der Waals surface area contributed by atoms with Crippen molar-refractivity contribution in [1.82, 2.24) is 19.7 Å². The standard InChI is InChI=1S/C12H13BrN4O/c13-11-3-1-2-10(15-11)12-16-14-8-17(12)9-4-6-18-7-5-9/h1-3,8-9H,4-7H2. The largest absolute Gasteiger partial charge is 0.381 e. The molecule has 5 nitrogen and oxygen atoms in total. The Balaban J connectivity index is 1.95. The predicted molar refractivity (Wildman–Crippen MR) is 70.0 cm³/mol. The number of rotatable bonds is 2. The molecule has 0 aliphatic carbocycles. The summed E-state index contributed by atoms with van der Waals surface area (Å²) in [5.41, 5.74) is 0.841. The van der Waals surface area contributed by atoms with Gasteiger partial charge in [0, 0.05) is 19.3 Å². The van der Waals surface area contributed by atoms with Crippen molar-refractivity contribution in [3.05, 3.63) is 29.1 Å². The van der Waals surface area contributed by atoms with E-state index in [1.54, 1.807) is 6.33 Å². The van der Waals surface area contributed by atoms with Crippen molar-refractivity contribution in [2.24, 2.45) is 0 Å². The van der Waals surface area contributed by atoms with Gasteiger partial charge in [-0.15, -0.1) is 10.2 Å². The lowest BCUT2D eigenvalue weighted by Crippen LogP contribution is -2.19. The summed E-state index contributed by atoms with van der Waals surface area (Å²) in [6.45, 7) is 1.60. The summed E-state index contributed by atoms with van der Waals surface area (Å²) in [7, 11) is 0. The highest BCUT2D eigenvalue weighted by Gasteiger charge is 2.20. The zero-order valence-corrected chi connectivity index (χ0v) is 11.4. The van der Waals surface area contributed by atoms with Gasteiger partial charge in [0.25, 0.3) is 0 Å². The third-order valence-electron chi connectivity index (χ3n) is 3.10. The molecular formula is C12H13BrN4O. The Labute approximate surface area is 113 Å². The molecule has 0 unspecified atom stereocenters. The summed E-state index contributed by atoms with van der Waals surface area (Å²) in [5, 5.41) is 8.21.